The summed E-state index contributed by atoms with van der Waals surface area (Å²) in [6, 6.07) is 0. The number of carbonyl (C=O) groups excluding carboxylic acids is 1. The molecule has 0 saturated heterocycles. The van der Waals surface area contributed by atoms with Crippen molar-refractivity contribution in [2.45, 2.75) is 37.9 Å². The molecular formula is C7H11BF3O-. The van der Waals surface area contributed by atoms with E-state index < -0.39 is 12.3 Å². The van der Waals surface area contributed by atoms with E-state index in [0.717, 1.165) is 6.92 Å². The van der Waals surface area contributed by atoms with Crippen molar-refractivity contribution in [3.05, 3.63) is 0 Å². The van der Waals surface area contributed by atoms with Crippen LogP contribution in [-0.4, -0.2) is 12.8 Å². The monoisotopic (exact) mass is 179 g/mol. The predicted molar refractivity (Wildman–Crippen MR) is 40.9 cm³/mol. The van der Waals surface area contributed by atoms with Gasteiger partial charge in [0.15, 0.2) is 0 Å². The Hall–Kier alpha value is -0.475. The average Bonchev–Trinajstić information content (AvgIpc) is 1.83. The molecule has 1 saturated carbocycles. The molecule has 0 bridgehead atoms. The van der Waals surface area contributed by atoms with Gasteiger partial charge in [0.05, 0.1) is 0 Å². The number of carbonyl (C=O) groups is 1. The number of halogens is 3. The molecule has 0 N–H and O–H groups in total. The zero-order valence-electron chi connectivity index (χ0n) is 6.95. The van der Waals surface area contributed by atoms with E-state index in [-0.39, 0.29) is 18.6 Å². The van der Waals surface area contributed by atoms with Gasteiger partial charge in [-0.3, -0.25) is 4.79 Å². The maximum Gasteiger partial charge on any atom is 0.484 e. The highest BCUT2D eigenvalue weighted by Gasteiger charge is 2.47. The summed E-state index contributed by atoms with van der Waals surface area (Å²) in [5.74, 6) is -0.247. The molecule has 1 unspecified atom stereocenters. The number of hydrogen-bond acceptors (Lipinski definition) is 1. The third kappa shape index (κ3) is 1.64. The molecule has 0 heterocycles. The van der Waals surface area contributed by atoms with Gasteiger partial charge >= 0.3 is 6.98 Å². The topological polar surface area (TPSA) is 17.1 Å². The molecule has 1 rings (SSSR count). The average molecular weight is 179 g/mol. The van der Waals surface area contributed by atoms with Gasteiger partial charge in [-0.25, -0.2) is 0 Å². The molecule has 0 aliphatic heterocycles. The Labute approximate surface area is 69.4 Å². The van der Waals surface area contributed by atoms with E-state index in [4.69, 9.17) is 0 Å². The van der Waals surface area contributed by atoms with Crippen molar-refractivity contribution >= 4 is 12.8 Å². The molecule has 0 aromatic rings. The second-order valence-electron chi connectivity index (χ2n) is 3.80. The van der Waals surface area contributed by atoms with Crippen LogP contribution < -0.4 is 0 Å². The van der Waals surface area contributed by atoms with Crippen LogP contribution in [0.2, 0.25) is 5.31 Å². The summed E-state index contributed by atoms with van der Waals surface area (Å²) in [7, 11) is 0. The molecule has 1 atom stereocenters. The van der Waals surface area contributed by atoms with Crippen molar-refractivity contribution in [2.75, 3.05) is 0 Å². The van der Waals surface area contributed by atoms with E-state index in [1.165, 1.54) is 0 Å². The number of ketones is 1. The van der Waals surface area contributed by atoms with Gasteiger partial charge < -0.3 is 12.9 Å². The van der Waals surface area contributed by atoms with Crippen LogP contribution in [0.4, 0.5) is 12.9 Å². The molecule has 0 aromatic carbocycles. The first-order valence-electron chi connectivity index (χ1n) is 4.06. The van der Waals surface area contributed by atoms with E-state index in [1.807, 2.05) is 0 Å². The van der Waals surface area contributed by atoms with Crippen molar-refractivity contribution in [3.63, 3.8) is 0 Å². The van der Waals surface area contributed by atoms with Gasteiger partial charge in [-0.15, -0.1) is 0 Å². The van der Waals surface area contributed by atoms with E-state index in [1.54, 1.807) is 0 Å². The van der Waals surface area contributed by atoms with Gasteiger partial charge in [0.25, 0.3) is 0 Å². The molecular weight excluding hydrogens is 168 g/mol. The van der Waals surface area contributed by atoms with Gasteiger partial charge in [-0.05, 0) is 12.8 Å². The molecule has 1 aliphatic rings. The molecule has 5 heteroatoms. The smallest absolute Gasteiger partial charge is 0.449 e. The minimum atomic E-state index is -4.87. The van der Waals surface area contributed by atoms with Crippen molar-refractivity contribution in [1.82, 2.24) is 0 Å². The molecule has 0 aromatic heterocycles. The van der Waals surface area contributed by atoms with Crippen LogP contribution in [0.25, 0.3) is 0 Å². The zero-order valence-corrected chi connectivity index (χ0v) is 6.95. The third-order valence-corrected chi connectivity index (χ3v) is 2.59. The van der Waals surface area contributed by atoms with E-state index in [2.05, 4.69) is 0 Å². The SMILES string of the molecule is CC1([B-](F)(F)F)CCCC(=O)C1. The van der Waals surface area contributed by atoms with Crippen LogP contribution in [-0.2, 0) is 4.79 Å². The second kappa shape index (κ2) is 2.78. The first-order chi connectivity index (χ1) is 5.35. The number of rotatable bonds is 1. The largest absolute Gasteiger partial charge is 0.484 e. The highest BCUT2D eigenvalue weighted by Crippen LogP contribution is 2.50. The molecule has 0 spiro atoms. The molecule has 1 nitrogen and oxygen atoms in total. The summed E-state index contributed by atoms with van der Waals surface area (Å²) < 4.78 is 37.2. The fourth-order valence-electron chi connectivity index (χ4n) is 1.60. The Morgan fingerprint density at radius 1 is 1.42 bits per heavy atom. The zero-order chi connectivity index (χ0) is 9.41. The molecule has 12 heavy (non-hydrogen) atoms. The van der Waals surface area contributed by atoms with Gasteiger partial charge in [0.1, 0.15) is 5.78 Å². The Morgan fingerprint density at radius 2 is 2.00 bits per heavy atom. The number of Topliss-reactive ketones (excluding diaryl/α,β-unsaturated/α-hetero) is 1. The van der Waals surface area contributed by atoms with Gasteiger partial charge in [-0.2, -0.15) is 0 Å². The fraction of sp³-hybridized carbons (Fsp3) is 0.857. The van der Waals surface area contributed by atoms with Crippen molar-refractivity contribution in [2.24, 2.45) is 0 Å². The predicted octanol–water partition coefficient (Wildman–Crippen LogP) is 2.74. The lowest BCUT2D eigenvalue weighted by atomic mass is 9.52. The summed E-state index contributed by atoms with van der Waals surface area (Å²) in [4.78, 5) is 10.8. The van der Waals surface area contributed by atoms with Gasteiger partial charge in [0.2, 0.25) is 0 Å². The minimum Gasteiger partial charge on any atom is -0.449 e. The lowest BCUT2D eigenvalue weighted by molar-refractivity contribution is -0.121. The van der Waals surface area contributed by atoms with Crippen LogP contribution in [0, 0.1) is 0 Å². The quantitative estimate of drug-likeness (QED) is 0.565. The lowest BCUT2D eigenvalue weighted by Crippen LogP contribution is -2.38. The van der Waals surface area contributed by atoms with E-state index in [9.17, 15) is 17.7 Å². The molecule has 0 radical (unpaired) electrons. The van der Waals surface area contributed by atoms with Gasteiger partial charge in [0, 0.05) is 6.42 Å². The summed E-state index contributed by atoms with van der Waals surface area (Å²) >= 11 is 0. The maximum absolute atomic E-state index is 12.4. The number of hydrogen-bond donors (Lipinski definition) is 0. The normalized spacial score (nSPS) is 32.2. The summed E-state index contributed by atoms with van der Waals surface area (Å²) in [6.45, 7) is -3.71. The van der Waals surface area contributed by atoms with Crippen LogP contribution in [0.1, 0.15) is 32.6 Å². The summed E-state index contributed by atoms with van der Waals surface area (Å²) in [6.07, 6.45) is 0.511. The Morgan fingerprint density at radius 3 is 2.33 bits per heavy atom. The van der Waals surface area contributed by atoms with Crippen molar-refractivity contribution in [3.8, 4) is 0 Å². The minimum absolute atomic E-state index is 0.113. The van der Waals surface area contributed by atoms with Crippen molar-refractivity contribution in [1.29, 1.82) is 0 Å². The van der Waals surface area contributed by atoms with E-state index >= 15 is 0 Å². The fourth-order valence-corrected chi connectivity index (χ4v) is 1.60. The summed E-state index contributed by atoms with van der Waals surface area (Å²) in [5.41, 5.74) is 0. The van der Waals surface area contributed by atoms with Crippen LogP contribution in [0.15, 0.2) is 0 Å². The van der Waals surface area contributed by atoms with Crippen molar-refractivity contribution < 1.29 is 17.7 Å². The van der Waals surface area contributed by atoms with E-state index in [0.29, 0.717) is 12.8 Å². The Bertz CT molecular complexity index is 201. The third-order valence-electron chi connectivity index (χ3n) is 2.59. The molecule has 70 valence electrons. The Kier molecular flexibility index (Phi) is 2.23. The van der Waals surface area contributed by atoms with Crippen LogP contribution >= 0.6 is 0 Å². The highest BCUT2D eigenvalue weighted by atomic mass is 19.4. The highest BCUT2D eigenvalue weighted by molar-refractivity contribution is 6.62. The molecule has 0 amide bonds. The summed E-state index contributed by atoms with van der Waals surface area (Å²) in [5, 5.41) is -1.70. The van der Waals surface area contributed by atoms with Gasteiger partial charge in [-0.1, -0.05) is 18.7 Å². The maximum atomic E-state index is 12.4. The van der Waals surface area contributed by atoms with Crippen LogP contribution in [0.3, 0.4) is 0 Å². The van der Waals surface area contributed by atoms with Crippen LogP contribution in [0.5, 0.6) is 0 Å². The second-order valence-corrected chi connectivity index (χ2v) is 3.80. The first kappa shape index (κ1) is 9.61. The lowest BCUT2D eigenvalue weighted by Gasteiger charge is -2.40. The first-order valence-corrected chi connectivity index (χ1v) is 4.06. The molecule has 1 aliphatic carbocycles. The molecule has 1 fully saturated rings. The standard InChI is InChI=1S/C7H11BF3O/c1-7(8(9,10)11)4-2-3-6(12)5-7/h2-5H2,1H3/q-1. The Balaban J connectivity index is 2.77.